The van der Waals surface area contributed by atoms with Gasteiger partial charge in [-0.05, 0) is 41.5 Å². The lowest BCUT2D eigenvalue weighted by Crippen LogP contribution is -2.44. The first kappa shape index (κ1) is 17.9. The number of rotatable bonds is 3. The number of Topliss-reactive ketones (excluding diaryl/α,β-unsaturated/α-hetero) is 1. The average molecular weight is 410 g/mol. The molecule has 6 heteroatoms. The highest BCUT2D eigenvalue weighted by Gasteiger charge is 2.64. The van der Waals surface area contributed by atoms with E-state index >= 15 is 0 Å². The van der Waals surface area contributed by atoms with Crippen LogP contribution < -0.4 is 4.90 Å². The van der Waals surface area contributed by atoms with Crippen molar-refractivity contribution in [3.05, 3.63) is 96.1 Å². The van der Waals surface area contributed by atoms with Crippen molar-refractivity contribution in [2.45, 2.75) is 12.1 Å². The Bertz CT molecular complexity index is 1230. The zero-order chi connectivity index (χ0) is 21.1. The first-order valence-electron chi connectivity index (χ1n) is 10.2. The van der Waals surface area contributed by atoms with Gasteiger partial charge in [-0.2, -0.15) is 0 Å². The molecule has 0 radical (unpaired) electrons. The van der Waals surface area contributed by atoms with Crippen molar-refractivity contribution in [1.29, 1.82) is 0 Å². The van der Waals surface area contributed by atoms with Gasteiger partial charge < -0.3 is 9.32 Å². The molecule has 6 nitrogen and oxygen atoms in total. The van der Waals surface area contributed by atoms with E-state index < -0.39 is 17.9 Å². The molecule has 0 bridgehead atoms. The molecule has 0 N–H and O–H groups in total. The molecule has 0 unspecified atom stereocenters. The van der Waals surface area contributed by atoms with Gasteiger partial charge in [-0.1, -0.05) is 42.5 Å². The van der Waals surface area contributed by atoms with Crippen LogP contribution in [0.2, 0.25) is 0 Å². The fourth-order valence-corrected chi connectivity index (χ4v) is 5.25. The van der Waals surface area contributed by atoms with Gasteiger partial charge in [0.2, 0.25) is 17.6 Å². The molecule has 2 aromatic carbocycles. The molecular formula is C25H18N2O4. The van der Waals surface area contributed by atoms with Gasteiger partial charge >= 0.3 is 0 Å². The third kappa shape index (κ3) is 2.42. The van der Waals surface area contributed by atoms with Crippen molar-refractivity contribution in [3.8, 4) is 0 Å². The molecule has 1 aromatic heterocycles. The molecule has 6 rings (SSSR count). The molecule has 3 aromatic rings. The number of hydrogen-bond acceptors (Lipinski definition) is 5. The van der Waals surface area contributed by atoms with Crippen LogP contribution in [0.4, 0.5) is 5.69 Å². The molecule has 3 aliphatic heterocycles. The van der Waals surface area contributed by atoms with E-state index in [4.69, 9.17) is 4.42 Å². The Labute approximate surface area is 178 Å². The van der Waals surface area contributed by atoms with E-state index in [9.17, 15) is 14.4 Å². The maximum atomic E-state index is 13.6. The molecule has 2 fully saturated rings. The van der Waals surface area contributed by atoms with E-state index in [2.05, 4.69) is 0 Å². The van der Waals surface area contributed by atoms with E-state index in [1.54, 1.807) is 36.4 Å². The second kappa shape index (κ2) is 6.54. The predicted molar refractivity (Wildman–Crippen MR) is 113 cm³/mol. The van der Waals surface area contributed by atoms with Crippen LogP contribution in [0.3, 0.4) is 0 Å². The number of fused-ring (bicyclic) bond motifs is 5. The third-order valence-electron chi connectivity index (χ3n) is 6.51. The Hall–Kier alpha value is -3.93. The zero-order valence-electron chi connectivity index (χ0n) is 16.4. The fourth-order valence-electron chi connectivity index (χ4n) is 5.25. The summed E-state index contributed by atoms with van der Waals surface area (Å²) < 4.78 is 5.37. The molecular weight excluding hydrogens is 392 g/mol. The molecule has 152 valence electrons. The Morgan fingerprint density at radius 3 is 2.35 bits per heavy atom. The predicted octanol–water partition coefficient (Wildman–Crippen LogP) is 3.68. The SMILES string of the molecule is O=C(c1ccco1)[C@@H]1[C@@H]2C(=O)N(c3ccccc3)C(=O)[C@@H]2[C@H]2c3ccccc3C=CN12. The molecule has 0 aliphatic carbocycles. The lowest BCUT2D eigenvalue weighted by Gasteiger charge is -2.35. The Morgan fingerprint density at radius 1 is 0.839 bits per heavy atom. The van der Waals surface area contributed by atoms with E-state index in [1.165, 1.54) is 11.2 Å². The van der Waals surface area contributed by atoms with Crippen molar-refractivity contribution in [2.24, 2.45) is 11.8 Å². The number of nitrogens with zero attached hydrogens (tertiary/aromatic N) is 2. The van der Waals surface area contributed by atoms with E-state index in [1.807, 2.05) is 47.5 Å². The molecule has 2 amide bonds. The quantitative estimate of drug-likeness (QED) is 0.487. The normalized spacial score (nSPS) is 26.1. The molecule has 0 spiro atoms. The molecule has 3 aliphatic rings. The summed E-state index contributed by atoms with van der Waals surface area (Å²) in [6.07, 6.45) is 5.21. The van der Waals surface area contributed by atoms with Crippen molar-refractivity contribution < 1.29 is 18.8 Å². The van der Waals surface area contributed by atoms with Crippen LogP contribution in [-0.2, 0) is 9.59 Å². The summed E-state index contributed by atoms with van der Waals surface area (Å²) in [4.78, 5) is 43.8. The maximum Gasteiger partial charge on any atom is 0.240 e. The summed E-state index contributed by atoms with van der Waals surface area (Å²) in [6.45, 7) is 0. The van der Waals surface area contributed by atoms with Crippen LogP contribution in [0.5, 0.6) is 0 Å². The number of carbonyl (C=O) groups excluding carboxylic acids is 3. The zero-order valence-corrected chi connectivity index (χ0v) is 16.4. The van der Waals surface area contributed by atoms with Gasteiger partial charge in [0.15, 0.2) is 5.76 Å². The second-order valence-corrected chi connectivity index (χ2v) is 8.02. The summed E-state index contributed by atoms with van der Waals surface area (Å²) in [5, 5.41) is 0. The van der Waals surface area contributed by atoms with Gasteiger partial charge in [-0.15, -0.1) is 0 Å². The number of amides is 2. The molecule has 4 atom stereocenters. The lowest BCUT2D eigenvalue weighted by molar-refractivity contribution is -0.123. The highest BCUT2D eigenvalue weighted by atomic mass is 16.3. The third-order valence-corrected chi connectivity index (χ3v) is 6.51. The second-order valence-electron chi connectivity index (χ2n) is 8.02. The monoisotopic (exact) mass is 410 g/mol. The van der Waals surface area contributed by atoms with Crippen molar-refractivity contribution in [2.75, 3.05) is 4.90 Å². The van der Waals surface area contributed by atoms with Crippen LogP contribution in [0.1, 0.15) is 27.7 Å². The van der Waals surface area contributed by atoms with Crippen LogP contribution in [0.25, 0.3) is 6.08 Å². The minimum absolute atomic E-state index is 0.190. The number of imide groups is 1. The largest absolute Gasteiger partial charge is 0.461 e. The van der Waals surface area contributed by atoms with Crippen LogP contribution in [0, 0.1) is 11.8 Å². The van der Waals surface area contributed by atoms with Gasteiger partial charge in [0.05, 0.1) is 29.8 Å². The van der Waals surface area contributed by atoms with E-state index in [-0.39, 0.29) is 29.4 Å². The summed E-state index contributed by atoms with van der Waals surface area (Å²) in [5.74, 6) is -2.14. The first-order chi connectivity index (χ1) is 15.2. The smallest absolute Gasteiger partial charge is 0.240 e. The fraction of sp³-hybridized carbons (Fsp3) is 0.160. The number of para-hydroxylation sites is 1. The molecule has 4 heterocycles. The summed E-state index contributed by atoms with van der Waals surface area (Å²) in [5.41, 5.74) is 2.47. The van der Waals surface area contributed by atoms with Gasteiger partial charge in [0, 0.05) is 6.20 Å². The van der Waals surface area contributed by atoms with Crippen molar-refractivity contribution in [1.82, 2.24) is 4.90 Å². The van der Waals surface area contributed by atoms with Gasteiger partial charge in [-0.25, -0.2) is 4.90 Å². The van der Waals surface area contributed by atoms with Crippen molar-refractivity contribution >= 4 is 29.4 Å². The average Bonchev–Trinajstić information content (AvgIpc) is 3.50. The minimum atomic E-state index is -0.809. The highest BCUT2D eigenvalue weighted by Crippen LogP contribution is 2.53. The number of hydrogen-bond donors (Lipinski definition) is 0. The summed E-state index contributed by atoms with van der Waals surface area (Å²) in [7, 11) is 0. The number of ketones is 1. The Kier molecular flexibility index (Phi) is 3.77. The van der Waals surface area contributed by atoms with Crippen LogP contribution in [0.15, 0.2) is 83.6 Å². The number of furan rings is 1. The first-order valence-corrected chi connectivity index (χ1v) is 10.2. The standard InChI is InChI=1S/C25H18N2O4/c28-23(18-11-6-14-31-18)22-20-19(21-17-10-5-4-7-15(17)12-13-26(21)22)24(29)27(25(20)30)16-8-2-1-3-9-16/h1-14,19-22H/t19-,20+,21+,22-/m0/s1. The van der Waals surface area contributed by atoms with Crippen LogP contribution in [-0.4, -0.2) is 28.5 Å². The Morgan fingerprint density at radius 2 is 1.58 bits per heavy atom. The number of carbonyl (C=O) groups is 3. The van der Waals surface area contributed by atoms with Gasteiger partial charge in [-0.3, -0.25) is 14.4 Å². The molecule has 2 saturated heterocycles. The van der Waals surface area contributed by atoms with Crippen LogP contribution >= 0.6 is 0 Å². The molecule has 31 heavy (non-hydrogen) atoms. The topological polar surface area (TPSA) is 70.8 Å². The Balaban J connectivity index is 1.52. The number of benzene rings is 2. The molecule has 0 saturated carbocycles. The van der Waals surface area contributed by atoms with E-state index in [0.717, 1.165) is 11.1 Å². The lowest BCUT2D eigenvalue weighted by atomic mass is 9.84. The van der Waals surface area contributed by atoms with Gasteiger partial charge in [0.25, 0.3) is 0 Å². The van der Waals surface area contributed by atoms with Crippen molar-refractivity contribution in [3.63, 3.8) is 0 Å². The summed E-state index contributed by atoms with van der Waals surface area (Å²) in [6, 6.07) is 18.8. The summed E-state index contributed by atoms with van der Waals surface area (Å²) >= 11 is 0. The number of anilines is 1. The maximum absolute atomic E-state index is 13.6. The minimum Gasteiger partial charge on any atom is -0.461 e. The van der Waals surface area contributed by atoms with E-state index in [0.29, 0.717) is 5.69 Å². The highest BCUT2D eigenvalue weighted by molar-refractivity contribution is 6.24. The van der Waals surface area contributed by atoms with Gasteiger partial charge in [0.1, 0.15) is 6.04 Å².